The minimum atomic E-state index is 0.800. The maximum absolute atomic E-state index is 3.75. The van der Waals surface area contributed by atoms with Crippen LogP contribution in [0.3, 0.4) is 0 Å². The van der Waals surface area contributed by atoms with E-state index in [9.17, 15) is 0 Å². The lowest BCUT2D eigenvalue weighted by Crippen LogP contribution is -2.45. The summed E-state index contributed by atoms with van der Waals surface area (Å²) in [7, 11) is 2.19. The number of rotatable bonds is 5. The van der Waals surface area contributed by atoms with Gasteiger partial charge in [-0.2, -0.15) is 0 Å². The molecule has 2 aliphatic heterocycles. The van der Waals surface area contributed by atoms with Crippen LogP contribution < -0.4 is 5.32 Å². The van der Waals surface area contributed by atoms with Crippen LogP contribution in [0.4, 0.5) is 0 Å². The molecule has 0 radical (unpaired) electrons. The molecule has 0 aromatic carbocycles. The average Bonchev–Trinajstić information content (AvgIpc) is 2.64. The number of likely N-dealkylation sites (N-methyl/N-ethyl adjacent to an activating group) is 1. The highest BCUT2D eigenvalue weighted by Crippen LogP contribution is 2.26. The number of fused-ring (bicyclic) bond motifs is 2. The first kappa shape index (κ1) is 11.4. The summed E-state index contributed by atoms with van der Waals surface area (Å²) >= 11 is 0. The zero-order valence-corrected chi connectivity index (χ0v) is 10.2. The topological polar surface area (TPSA) is 18.5 Å². The Morgan fingerprint density at radius 2 is 2.13 bits per heavy atom. The van der Waals surface area contributed by atoms with Crippen molar-refractivity contribution in [2.45, 2.75) is 25.8 Å². The van der Waals surface area contributed by atoms with Crippen LogP contribution in [0.15, 0.2) is 0 Å². The quantitative estimate of drug-likeness (QED) is 0.719. The largest absolute Gasteiger partial charge is 0.312 e. The van der Waals surface area contributed by atoms with Gasteiger partial charge in [-0.1, -0.05) is 6.92 Å². The van der Waals surface area contributed by atoms with Crippen molar-refractivity contribution in [3.63, 3.8) is 0 Å². The van der Waals surface area contributed by atoms with Crippen molar-refractivity contribution >= 4 is 0 Å². The summed E-state index contributed by atoms with van der Waals surface area (Å²) in [5.74, 6) is 0.936. The third-order valence-electron chi connectivity index (χ3n) is 4.07. The van der Waals surface area contributed by atoms with Gasteiger partial charge in [0.1, 0.15) is 0 Å². The van der Waals surface area contributed by atoms with E-state index < -0.39 is 0 Å². The highest BCUT2D eigenvalue weighted by molar-refractivity contribution is 4.90. The number of nitrogens with zero attached hydrogens (tertiary/aromatic N) is 2. The van der Waals surface area contributed by atoms with Crippen LogP contribution in [0.5, 0.6) is 0 Å². The Kier molecular flexibility index (Phi) is 4.00. The van der Waals surface area contributed by atoms with Crippen molar-refractivity contribution in [3.8, 4) is 0 Å². The van der Waals surface area contributed by atoms with Crippen LogP contribution in [0.1, 0.15) is 19.8 Å². The summed E-state index contributed by atoms with van der Waals surface area (Å²) in [6, 6.07) is 0.800. The molecule has 3 unspecified atom stereocenters. The van der Waals surface area contributed by atoms with E-state index in [1.54, 1.807) is 0 Å². The maximum Gasteiger partial charge on any atom is 0.0121 e. The first-order valence-electron chi connectivity index (χ1n) is 6.44. The Balaban J connectivity index is 1.66. The Bertz CT molecular complexity index is 195. The second kappa shape index (κ2) is 5.28. The molecule has 2 fully saturated rings. The fourth-order valence-electron chi connectivity index (χ4n) is 2.82. The number of piperidine rings is 1. The molecule has 0 aliphatic carbocycles. The predicted molar refractivity (Wildman–Crippen MR) is 64.1 cm³/mol. The van der Waals surface area contributed by atoms with Crippen molar-refractivity contribution in [1.29, 1.82) is 0 Å². The molecule has 0 aromatic heterocycles. The van der Waals surface area contributed by atoms with Gasteiger partial charge in [-0.3, -0.25) is 0 Å². The molecule has 2 saturated heterocycles. The zero-order chi connectivity index (χ0) is 10.7. The summed E-state index contributed by atoms with van der Waals surface area (Å²) in [6.07, 6.45) is 2.78. The van der Waals surface area contributed by atoms with Crippen molar-refractivity contribution in [2.75, 3.05) is 46.3 Å². The van der Waals surface area contributed by atoms with Gasteiger partial charge in [-0.15, -0.1) is 0 Å². The van der Waals surface area contributed by atoms with Gasteiger partial charge < -0.3 is 15.1 Å². The molecule has 3 atom stereocenters. The molecule has 2 rings (SSSR count). The van der Waals surface area contributed by atoms with E-state index in [4.69, 9.17) is 0 Å². The molecular weight excluding hydrogens is 186 g/mol. The second-order valence-corrected chi connectivity index (χ2v) is 5.09. The molecule has 0 amide bonds. The molecule has 88 valence electrons. The number of nitrogens with one attached hydrogen (secondary N) is 1. The molecule has 0 aromatic rings. The van der Waals surface area contributed by atoms with E-state index in [0.717, 1.165) is 25.0 Å². The molecule has 0 spiro atoms. The lowest BCUT2D eigenvalue weighted by atomic mass is 9.94. The van der Waals surface area contributed by atoms with Crippen LogP contribution in [0, 0.1) is 5.92 Å². The van der Waals surface area contributed by atoms with Gasteiger partial charge in [0, 0.05) is 25.7 Å². The Hall–Kier alpha value is -0.120. The van der Waals surface area contributed by atoms with Gasteiger partial charge in [0.15, 0.2) is 0 Å². The summed E-state index contributed by atoms with van der Waals surface area (Å²) in [5, 5.41) is 3.75. The smallest absolute Gasteiger partial charge is 0.0121 e. The van der Waals surface area contributed by atoms with Crippen LogP contribution in [0.25, 0.3) is 0 Å². The highest BCUT2D eigenvalue weighted by Gasteiger charge is 2.33. The molecule has 2 aliphatic rings. The minimum absolute atomic E-state index is 0.800. The van der Waals surface area contributed by atoms with Crippen molar-refractivity contribution < 1.29 is 0 Å². The van der Waals surface area contributed by atoms with E-state index in [0.29, 0.717) is 0 Å². The van der Waals surface area contributed by atoms with Crippen LogP contribution >= 0.6 is 0 Å². The molecule has 3 heteroatoms. The lowest BCUT2D eigenvalue weighted by molar-refractivity contribution is 0.216. The van der Waals surface area contributed by atoms with Gasteiger partial charge in [0.25, 0.3) is 0 Å². The fraction of sp³-hybridized carbons (Fsp3) is 1.00. The first-order valence-corrected chi connectivity index (χ1v) is 6.44. The molecule has 0 saturated carbocycles. The molecular formula is C12H25N3. The Morgan fingerprint density at radius 1 is 1.33 bits per heavy atom. The molecule has 2 bridgehead atoms. The summed E-state index contributed by atoms with van der Waals surface area (Å²) in [6.45, 7) is 9.73. The van der Waals surface area contributed by atoms with E-state index >= 15 is 0 Å². The second-order valence-electron chi connectivity index (χ2n) is 5.09. The van der Waals surface area contributed by atoms with Gasteiger partial charge in [-0.25, -0.2) is 0 Å². The normalized spacial score (nSPS) is 35.0. The van der Waals surface area contributed by atoms with Crippen LogP contribution in [-0.4, -0.2) is 62.2 Å². The third kappa shape index (κ3) is 2.92. The highest BCUT2D eigenvalue weighted by atomic mass is 15.2. The van der Waals surface area contributed by atoms with E-state index in [1.807, 2.05) is 0 Å². The van der Waals surface area contributed by atoms with Crippen molar-refractivity contribution in [2.24, 2.45) is 5.92 Å². The van der Waals surface area contributed by atoms with E-state index in [-0.39, 0.29) is 0 Å². The molecule has 1 N–H and O–H groups in total. The van der Waals surface area contributed by atoms with Crippen molar-refractivity contribution in [3.05, 3.63) is 0 Å². The van der Waals surface area contributed by atoms with Gasteiger partial charge >= 0.3 is 0 Å². The van der Waals surface area contributed by atoms with E-state index in [1.165, 1.54) is 39.0 Å². The minimum Gasteiger partial charge on any atom is -0.312 e. The van der Waals surface area contributed by atoms with Crippen LogP contribution in [0.2, 0.25) is 0 Å². The average molecular weight is 211 g/mol. The third-order valence-corrected chi connectivity index (χ3v) is 4.07. The van der Waals surface area contributed by atoms with E-state index in [2.05, 4.69) is 29.1 Å². The molecule has 3 nitrogen and oxygen atoms in total. The maximum atomic E-state index is 3.75. The van der Waals surface area contributed by atoms with Gasteiger partial charge in [0.05, 0.1) is 0 Å². The number of hydrogen-bond acceptors (Lipinski definition) is 3. The van der Waals surface area contributed by atoms with Gasteiger partial charge in [-0.05, 0) is 45.4 Å². The summed E-state index contributed by atoms with van der Waals surface area (Å²) in [4.78, 5) is 4.98. The summed E-state index contributed by atoms with van der Waals surface area (Å²) < 4.78 is 0. The lowest BCUT2D eigenvalue weighted by Gasteiger charge is -2.31. The van der Waals surface area contributed by atoms with Crippen LogP contribution in [-0.2, 0) is 0 Å². The fourth-order valence-corrected chi connectivity index (χ4v) is 2.82. The van der Waals surface area contributed by atoms with Crippen molar-refractivity contribution in [1.82, 2.24) is 15.1 Å². The Morgan fingerprint density at radius 3 is 2.93 bits per heavy atom. The standard InChI is InChI=1S/C12H25N3/c1-3-14(2)9-6-13-12-5-8-15-7-4-11(12)10-15/h11-13H,3-10H2,1-2H3. The monoisotopic (exact) mass is 211 g/mol. The predicted octanol–water partition coefficient (Wildman–Crippen LogP) is 0.622. The first-order chi connectivity index (χ1) is 7.29. The number of hydrogen-bond donors (Lipinski definition) is 1. The molecule has 15 heavy (non-hydrogen) atoms. The van der Waals surface area contributed by atoms with Gasteiger partial charge in [0.2, 0.25) is 0 Å². The summed E-state index contributed by atoms with van der Waals surface area (Å²) in [5.41, 5.74) is 0. The SMILES string of the molecule is CCN(C)CCNC1CCN2CCC1C2. The molecule has 2 heterocycles. The Labute approximate surface area is 93.8 Å². The zero-order valence-electron chi connectivity index (χ0n) is 10.2.